The van der Waals surface area contributed by atoms with E-state index in [1.54, 1.807) is 32.4 Å². The van der Waals surface area contributed by atoms with E-state index in [1.165, 1.54) is 4.90 Å². The van der Waals surface area contributed by atoms with Crippen LogP contribution in [0, 0.1) is 0 Å². The Kier molecular flexibility index (Phi) is 5.06. The molecule has 0 unspecified atom stereocenters. The normalized spacial score (nSPS) is 11.3. The van der Waals surface area contributed by atoms with Gasteiger partial charge in [-0.25, -0.2) is 0 Å². The number of carbonyl (C=O) groups excluding carboxylic acids is 1. The molecule has 0 aliphatic rings. The van der Waals surface area contributed by atoms with Gasteiger partial charge in [0.1, 0.15) is 5.69 Å². The van der Waals surface area contributed by atoms with Gasteiger partial charge in [-0.1, -0.05) is 5.16 Å². The fourth-order valence-corrected chi connectivity index (χ4v) is 1.25. The third kappa shape index (κ3) is 4.02. The van der Waals surface area contributed by atoms with Gasteiger partial charge in [-0.3, -0.25) is 9.78 Å². The molecule has 1 amide bonds. The maximum absolute atomic E-state index is 11.3. The summed E-state index contributed by atoms with van der Waals surface area (Å²) in [7, 11) is 3.40. The number of nitrogens with two attached hydrogens (primary N) is 1. The number of carbonyl (C=O) groups is 1. The third-order valence-corrected chi connectivity index (χ3v) is 2.30. The predicted octanol–water partition coefficient (Wildman–Crippen LogP) is -0.646. The molecule has 4 N–H and O–H groups in total. The van der Waals surface area contributed by atoms with E-state index in [4.69, 9.17) is 10.9 Å². The molecule has 1 aromatic rings. The summed E-state index contributed by atoms with van der Waals surface area (Å²) in [5.74, 6) is -0.0399. The Bertz CT molecular complexity index is 445. The lowest BCUT2D eigenvalue weighted by Gasteiger charge is -2.11. The highest BCUT2D eigenvalue weighted by Gasteiger charge is 2.04. The average Bonchev–Trinajstić information content (AvgIpc) is 2.37. The van der Waals surface area contributed by atoms with Crippen molar-refractivity contribution < 1.29 is 10.0 Å². The molecule has 1 aromatic heterocycles. The molecule has 1 rings (SSSR count). The summed E-state index contributed by atoms with van der Waals surface area (Å²) in [6, 6.07) is 3.49. The van der Waals surface area contributed by atoms with Crippen molar-refractivity contribution in [3.63, 3.8) is 0 Å². The van der Waals surface area contributed by atoms with E-state index in [2.05, 4.69) is 15.5 Å². The van der Waals surface area contributed by atoms with Crippen LogP contribution in [-0.4, -0.2) is 47.5 Å². The van der Waals surface area contributed by atoms with Crippen molar-refractivity contribution in [3.05, 3.63) is 29.6 Å². The molecule has 0 spiro atoms. The number of rotatable bonds is 5. The minimum Gasteiger partial charge on any atom is -0.409 e. The van der Waals surface area contributed by atoms with E-state index < -0.39 is 0 Å². The van der Waals surface area contributed by atoms with Gasteiger partial charge in [0, 0.05) is 26.8 Å². The monoisotopic (exact) mass is 251 g/mol. The summed E-state index contributed by atoms with van der Waals surface area (Å²) in [6.07, 6.45) is 1.57. The van der Waals surface area contributed by atoms with Gasteiger partial charge in [0.25, 0.3) is 0 Å². The van der Waals surface area contributed by atoms with E-state index in [1.807, 2.05) is 0 Å². The summed E-state index contributed by atoms with van der Waals surface area (Å²) in [5, 5.41) is 14.4. The Balaban J connectivity index is 2.56. The molecule has 0 atom stereocenters. The second kappa shape index (κ2) is 6.55. The van der Waals surface area contributed by atoms with Crippen molar-refractivity contribution in [2.45, 2.75) is 6.54 Å². The molecular weight excluding hydrogens is 234 g/mol. The van der Waals surface area contributed by atoms with E-state index in [0.29, 0.717) is 12.2 Å². The summed E-state index contributed by atoms with van der Waals surface area (Å²) in [6.45, 7) is 0.766. The number of likely N-dealkylation sites (N-methyl/N-ethyl adjacent to an activating group) is 1. The van der Waals surface area contributed by atoms with Crippen molar-refractivity contribution in [1.29, 1.82) is 0 Å². The van der Waals surface area contributed by atoms with Gasteiger partial charge in [-0.2, -0.15) is 0 Å². The van der Waals surface area contributed by atoms with Crippen LogP contribution in [-0.2, 0) is 11.3 Å². The van der Waals surface area contributed by atoms with Crippen LogP contribution < -0.4 is 11.1 Å². The summed E-state index contributed by atoms with van der Waals surface area (Å²) >= 11 is 0. The molecule has 98 valence electrons. The van der Waals surface area contributed by atoms with Gasteiger partial charge in [-0.05, 0) is 17.7 Å². The molecule has 0 aliphatic heterocycles. The van der Waals surface area contributed by atoms with Crippen LogP contribution in [0.1, 0.15) is 11.3 Å². The number of pyridine rings is 1. The Morgan fingerprint density at radius 3 is 2.94 bits per heavy atom. The lowest BCUT2D eigenvalue weighted by atomic mass is 10.2. The number of nitrogens with zero attached hydrogens (tertiary/aromatic N) is 3. The van der Waals surface area contributed by atoms with E-state index in [-0.39, 0.29) is 18.3 Å². The predicted molar refractivity (Wildman–Crippen MR) is 67.1 cm³/mol. The first-order valence-corrected chi connectivity index (χ1v) is 5.38. The molecule has 18 heavy (non-hydrogen) atoms. The topological polar surface area (TPSA) is 104 Å². The number of amidine groups is 1. The zero-order chi connectivity index (χ0) is 13.5. The van der Waals surface area contributed by atoms with Crippen molar-refractivity contribution in [1.82, 2.24) is 15.2 Å². The maximum Gasteiger partial charge on any atom is 0.236 e. The fourth-order valence-electron chi connectivity index (χ4n) is 1.25. The van der Waals surface area contributed by atoms with Crippen LogP contribution in [0.4, 0.5) is 0 Å². The number of oxime groups is 1. The zero-order valence-electron chi connectivity index (χ0n) is 10.4. The lowest BCUT2D eigenvalue weighted by Crippen LogP contribution is -2.32. The first-order chi connectivity index (χ1) is 8.54. The number of amides is 1. The minimum atomic E-state index is -0.0405. The Labute approximate surface area is 105 Å². The van der Waals surface area contributed by atoms with E-state index in [9.17, 15) is 4.79 Å². The van der Waals surface area contributed by atoms with Gasteiger partial charge in [0.05, 0.1) is 6.54 Å². The van der Waals surface area contributed by atoms with E-state index >= 15 is 0 Å². The van der Waals surface area contributed by atoms with Gasteiger partial charge >= 0.3 is 0 Å². The molecule has 0 aromatic carbocycles. The van der Waals surface area contributed by atoms with Crippen LogP contribution in [0.25, 0.3) is 0 Å². The smallest absolute Gasteiger partial charge is 0.236 e. The van der Waals surface area contributed by atoms with Crippen LogP contribution in [0.3, 0.4) is 0 Å². The van der Waals surface area contributed by atoms with Gasteiger partial charge in [0.15, 0.2) is 5.84 Å². The van der Waals surface area contributed by atoms with Gasteiger partial charge in [-0.15, -0.1) is 0 Å². The van der Waals surface area contributed by atoms with Crippen molar-refractivity contribution in [2.75, 3.05) is 20.6 Å². The second-order valence-electron chi connectivity index (χ2n) is 3.93. The second-order valence-corrected chi connectivity index (χ2v) is 3.93. The number of nitrogens with one attached hydrogen (secondary N) is 1. The van der Waals surface area contributed by atoms with Gasteiger partial charge < -0.3 is 21.2 Å². The average molecular weight is 251 g/mol. The standard InChI is InChI=1S/C11H17N5O2/c1-16(2)10(17)7-13-6-8-3-4-14-9(5-8)11(12)15-18/h3-5,13,18H,6-7H2,1-2H3,(H2,12,15). The van der Waals surface area contributed by atoms with Gasteiger partial charge in [0.2, 0.25) is 5.91 Å². The first-order valence-electron chi connectivity index (χ1n) is 5.38. The SMILES string of the molecule is CN(C)C(=O)CNCc1ccnc(C(N)=NO)c1. The highest BCUT2D eigenvalue weighted by molar-refractivity contribution is 5.95. The molecule has 0 saturated carbocycles. The first kappa shape index (κ1) is 13.9. The molecule has 0 saturated heterocycles. The lowest BCUT2D eigenvalue weighted by molar-refractivity contribution is -0.127. The van der Waals surface area contributed by atoms with Crippen LogP contribution in [0.2, 0.25) is 0 Å². The van der Waals surface area contributed by atoms with Crippen molar-refractivity contribution in [2.24, 2.45) is 10.9 Å². The molecule has 7 nitrogen and oxygen atoms in total. The molecule has 0 radical (unpaired) electrons. The maximum atomic E-state index is 11.3. The van der Waals surface area contributed by atoms with E-state index in [0.717, 1.165) is 5.56 Å². The largest absolute Gasteiger partial charge is 0.409 e. The third-order valence-electron chi connectivity index (χ3n) is 2.30. The molecule has 0 bridgehead atoms. The summed E-state index contributed by atoms with van der Waals surface area (Å²) in [4.78, 5) is 16.8. The van der Waals surface area contributed by atoms with Crippen molar-refractivity contribution in [3.8, 4) is 0 Å². The molecule has 0 aliphatic carbocycles. The molecule has 7 heteroatoms. The Morgan fingerprint density at radius 2 is 2.33 bits per heavy atom. The molecule has 0 fully saturated rings. The highest BCUT2D eigenvalue weighted by atomic mass is 16.4. The molecular formula is C11H17N5O2. The van der Waals surface area contributed by atoms with Crippen LogP contribution in [0.15, 0.2) is 23.5 Å². The Morgan fingerprint density at radius 1 is 1.61 bits per heavy atom. The number of hydrogen-bond donors (Lipinski definition) is 3. The molecule has 1 heterocycles. The summed E-state index contributed by atoms with van der Waals surface area (Å²) in [5.41, 5.74) is 6.74. The highest BCUT2D eigenvalue weighted by Crippen LogP contribution is 2.01. The summed E-state index contributed by atoms with van der Waals surface area (Å²) < 4.78 is 0. The number of aromatic nitrogens is 1. The van der Waals surface area contributed by atoms with Crippen LogP contribution in [0.5, 0.6) is 0 Å². The van der Waals surface area contributed by atoms with Crippen LogP contribution >= 0.6 is 0 Å². The number of hydrogen-bond acceptors (Lipinski definition) is 5. The zero-order valence-corrected chi connectivity index (χ0v) is 10.4. The van der Waals surface area contributed by atoms with Crippen molar-refractivity contribution >= 4 is 11.7 Å². The Hall–Kier alpha value is -2.15. The minimum absolute atomic E-state index is 0.000661. The fraction of sp³-hybridized carbons (Fsp3) is 0.364. The quantitative estimate of drug-likeness (QED) is 0.279.